The molecule has 0 amide bonds. The van der Waals surface area contributed by atoms with E-state index in [-0.39, 0.29) is 11.2 Å². The van der Waals surface area contributed by atoms with Gasteiger partial charge >= 0.3 is 0 Å². The molecule has 0 fully saturated rings. The van der Waals surface area contributed by atoms with Gasteiger partial charge in [-0.3, -0.25) is 0 Å². The van der Waals surface area contributed by atoms with Gasteiger partial charge in [0, 0.05) is 12.5 Å². The van der Waals surface area contributed by atoms with Crippen molar-refractivity contribution in [2.45, 2.75) is 27.2 Å². The molecule has 0 aliphatic rings. The lowest BCUT2D eigenvalue weighted by atomic mass is 9.92. The van der Waals surface area contributed by atoms with E-state index in [0.29, 0.717) is 21.5 Å². The second-order valence-corrected chi connectivity index (χ2v) is 5.94. The lowest BCUT2D eigenvalue weighted by Crippen LogP contribution is -2.09. The molecule has 0 N–H and O–H groups in total. The lowest BCUT2D eigenvalue weighted by molar-refractivity contribution is 0.361. The molecule has 0 atom stereocenters. The van der Waals surface area contributed by atoms with E-state index < -0.39 is 0 Å². The van der Waals surface area contributed by atoms with E-state index in [9.17, 15) is 4.39 Å². The summed E-state index contributed by atoms with van der Waals surface area (Å²) in [6, 6.07) is 2.77. The van der Waals surface area contributed by atoms with Gasteiger partial charge in [-0.1, -0.05) is 20.8 Å². The maximum Gasteiger partial charge on any atom is 0.196 e. The van der Waals surface area contributed by atoms with Gasteiger partial charge < -0.3 is 4.42 Å². The fourth-order valence-electron chi connectivity index (χ4n) is 1.54. The van der Waals surface area contributed by atoms with Crippen molar-refractivity contribution in [3.05, 3.63) is 28.3 Å². The molecule has 0 aliphatic heterocycles. The summed E-state index contributed by atoms with van der Waals surface area (Å²) in [6.07, 6.45) is 0.732. The van der Waals surface area contributed by atoms with Crippen molar-refractivity contribution in [2.75, 3.05) is 0 Å². The zero-order valence-electron chi connectivity index (χ0n) is 9.47. The molecule has 0 aliphatic carbocycles. The lowest BCUT2D eigenvalue weighted by Gasteiger charge is -2.14. The van der Waals surface area contributed by atoms with Gasteiger partial charge in [-0.15, -0.1) is 0 Å². The zero-order chi connectivity index (χ0) is 11.9. The number of fused-ring (bicyclic) bond motifs is 1. The monoisotopic (exact) mass is 285 g/mol. The fourth-order valence-corrected chi connectivity index (χ4v) is 2.04. The molecular weight excluding hydrogens is 273 g/mol. The van der Waals surface area contributed by atoms with Crippen molar-refractivity contribution < 1.29 is 8.81 Å². The van der Waals surface area contributed by atoms with Gasteiger partial charge in [-0.25, -0.2) is 9.37 Å². The third-order valence-electron chi connectivity index (χ3n) is 2.14. The highest BCUT2D eigenvalue weighted by Crippen LogP contribution is 2.28. The van der Waals surface area contributed by atoms with Gasteiger partial charge in [0.25, 0.3) is 0 Å². The van der Waals surface area contributed by atoms with Crippen LogP contribution in [0.25, 0.3) is 11.1 Å². The second kappa shape index (κ2) is 3.84. The minimum atomic E-state index is -0.310. The topological polar surface area (TPSA) is 26.0 Å². The summed E-state index contributed by atoms with van der Waals surface area (Å²) in [5.41, 5.74) is 1.28. The molecule has 2 rings (SSSR count). The summed E-state index contributed by atoms with van der Waals surface area (Å²) >= 11 is 3.27. The SMILES string of the molecule is CC(C)(C)Cc1nc2cc(F)cc(Br)c2o1. The molecule has 0 radical (unpaired) electrons. The minimum absolute atomic E-state index is 0.103. The molecule has 86 valence electrons. The van der Waals surface area contributed by atoms with Crippen LogP contribution in [0.3, 0.4) is 0 Å². The first-order valence-corrected chi connectivity index (χ1v) is 5.89. The zero-order valence-corrected chi connectivity index (χ0v) is 11.1. The number of benzene rings is 1. The Labute approximate surface area is 102 Å². The number of hydrogen-bond acceptors (Lipinski definition) is 2. The predicted molar refractivity (Wildman–Crippen MR) is 64.8 cm³/mol. The average Bonchev–Trinajstić information content (AvgIpc) is 2.43. The summed E-state index contributed by atoms with van der Waals surface area (Å²) < 4.78 is 19.3. The Bertz CT molecular complexity index is 528. The highest BCUT2D eigenvalue weighted by atomic mass is 79.9. The molecule has 4 heteroatoms. The molecule has 16 heavy (non-hydrogen) atoms. The van der Waals surface area contributed by atoms with E-state index >= 15 is 0 Å². The van der Waals surface area contributed by atoms with Crippen LogP contribution in [-0.2, 0) is 6.42 Å². The standard InChI is InChI=1S/C12H13BrFNO/c1-12(2,3)6-10-15-9-5-7(14)4-8(13)11(9)16-10/h4-5H,6H2,1-3H3. The van der Waals surface area contributed by atoms with Crippen LogP contribution in [-0.4, -0.2) is 4.98 Å². The number of aromatic nitrogens is 1. The summed E-state index contributed by atoms with van der Waals surface area (Å²) in [6.45, 7) is 6.33. The first kappa shape index (κ1) is 11.6. The Hall–Kier alpha value is -0.900. The maximum atomic E-state index is 13.1. The quantitative estimate of drug-likeness (QED) is 0.780. The van der Waals surface area contributed by atoms with Crippen LogP contribution in [0.15, 0.2) is 21.0 Å². The van der Waals surface area contributed by atoms with Crippen molar-refractivity contribution in [3.8, 4) is 0 Å². The van der Waals surface area contributed by atoms with Gasteiger partial charge in [0.15, 0.2) is 11.5 Å². The molecule has 0 saturated carbocycles. The first-order valence-electron chi connectivity index (χ1n) is 5.10. The molecule has 0 unspecified atom stereocenters. The van der Waals surface area contributed by atoms with E-state index in [1.54, 1.807) is 0 Å². The van der Waals surface area contributed by atoms with Crippen LogP contribution in [0.5, 0.6) is 0 Å². The smallest absolute Gasteiger partial charge is 0.196 e. The van der Waals surface area contributed by atoms with Crippen molar-refractivity contribution >= 4 is 27.0 Å². The Morgan fingerprint density at radius 3 is 2.69 bits per heavy atom. The second-order valence-electron chi connectivity index (χ2n) is 5.08. The van der Waals surface area contributed by atoms with E-state index in [1.165, 1.54) is 12.1 Å². The van der Waals surface area contributed by atoms with E-state index in [4.69, 9.17) is 4.42 Å². The average molecular weight is 286 g/mol. The van der Waals surface area contributed by atoms with Crippen LogP contribution in [0.2, 0.25) is 0 Å². The Morgan fingerprint density at radius 2 is 2.06 bits per heavy atom. The third kappa shape index (κ3) is 2.43. The Morgan fingerprint density at radius 1 is 1.38 bits per heavy atom. The number of halogens is 2. The molecule has 1 aromatic heterocycles. The summed E-state index contributed by atoms with van der Waals surface area (Å²) in [7, 11) is 0. The van der Waals surface area contributed by atoms with Crippen LogP contribution < -0.4 is 0 Å². The van der Waals surface area contributed by atoms with Crippen molar-refractivity contribution in [2.24, 2.45) is 5.41 Å². The molecule has 0 bridgehead atoms. The normalized spacial score (nSPS) is 12.3. The number of nitrogens with zero attached hydrogens (tertiary/aromatic N) is 1. The largest absolute Gasteiger partial charge is 0.439 e. The van der Waals surface area contributed by atoms with Crippen LogP contribution in [0.1, 0.15) is 26.7 Å². The molecule has 1 aromatic carbocycles. The van der Waals surface area contributed by atoms with Crippen molar-refractivity contribution in [3.63, 3.8) is 0 Å². The number of hydrogen-bond donors (Lipinski definition) is 0. The molecule has 0 saturated heterocycles. The number of rotatable bonds is 1. The van der Waals surface area contributed by atoms with Crippen LogP contribution >= 0.6 is 15.9 Å². The van der Waals surface area contributed by atoms with E-state index in [1.807, 2.05) is 0 Å². The summed E-state index contributed by atoms with van der Waals surface area (Å²) in [4.78, 5) is 4.28. The fraction of sp³-hybridized carbons (Fsp3) is 0.417. The van der Waals surface area contributed by atoms with E-state index in [2.05, 4.69) is 41.7 Å². The van der Waals surface area contributed by atoms with Crippen LogP contribution in [0.4, 0.5) is 4.39 Å². The molecule has 1 heterocycles. The first-order chi connectivity index (χ1) is 7.35. The highest BCUT2D eigenvalue weighted by Gasteiger charge is 2.17. The molecule has 2 nitrogen and oxygen atoms in total. The highest BCUT2D eigenvalue weighted by molar-refractivity contribution is 9.10. The van der Waals surface area contributed by atoms with Gasteiger partial charge in [0.1, 0.15) is 11.3 Å². The number of oxazole rings is 1. The van der Waals surface area contributed by atoms with Gasteiger partial charge in [0.2, 0.25) is 0 Å². The molecule has 2 aromatic rings. The molecular formula is C12H13BrFNO. The Kier molecular flexibility index (Phi) is 2.78. The van der Waals surface area contributed by atoms with Gasteiger partial charge in [-0.2, -0.15) is 0 Å². The van der Waals surface area contributed by atoms with Gasteiger partial charge in [0.05, 0.1) is 4.47 Å². The van der Waals surface area contributed by atoms with Crippen LogP contribution in [0, 0.1) is 11.2 Å². The summed E-state index contributed by atoms with van der Waals surface area (Å²) in [5.74, 6) is 0.337. The predicted octanol–water partition coefficient (Wildman–Crippen LogP) is 4.32. The minimum Gasteiger partial charge on any atom is -0.439 e. The van der Waals surface area contributed by atoms with Gasteiger partial charge in [-0.05, 0) is 27.4 Å². The maximum absolute atomic E-state index is 13.1. The Balaban J connectivity index is 2.48. The van der Waals surface area contributed by atoms with Crippen molar-refractivity contribution in [1.82, 2.24) is 4.98 Å². The molecule has 0 spiro atoms. The summed E-state index contributed by atoms with van der Waals surface area (Å²) in [5, 5.41) is 0. The third-order valence-corrected chi connectivity index (χ3v) is 2.72. The van der Waals surface area contributed by atoms with E-state index in [0.717, 1.165) is 6.42 Å². The van der Waals surface area contributed by atoms with Crippen molar-refractivity contribution in [1.29, 1.82) is 0 Å².